The van der Waals surface area contributed by atoms with Gasteiger partial charge in [0.1, 0.15) is 11.6 Å². The number of aliphatic carboxylic acids is 1. The van der Waals surface area contributed by atoms with E-state index in [0.717, 1.165) is 38.2 Å². The number of hydrogen-bond acceptors (Lipinski definition) is 3. The Morgan fingerprint density at radius 3 is 2.67 bits per heavy atom. The van der Waals surface area contributed by atoms with Gasteiger partial charge in [-0.3, -0.25) is 14.4 Å². The van der Waals surface area contributed by atoms with Crippen LogP contribution in [0.15, 0.2) is 30.4 Å². The number of unbranched alkanes of at least 4 members (excludes halogenated alkanes) is 3. The van der Waals surface area contributed by atoms with Gasteiger partial charge in [0.25, 0.3) is 0 Å². The molecule has 0 bridgehead atoms. The Labute approximate surface area is 163 Å². The Balaban J connectivity index is 1.86. The number of carbonyl (C=O) groups excluding carboxylic acids is 2. The summed E-state index contributed by atoms with van der Waals surface area (Å²) in [4.78, 5) is 34.9. The van der Waals surface area contributed by atoms with E-state index in [1.807, 2.05) is 0 Å². The minimum absolute atomic E-state index is 0.0275. The van der Waals surface area contributed by atoms with Crippen molar-refractivity contribution in [1.29, 1.82) is 0 Å². The van der Waals surface area contributed by atoms with Crippen molar-refractivity contribution < 1.29 is 23.9 Å². The Morgan fingerprint density at radius 1 is 1.22 bits per heavy atom. The minimum Gasteiger partial charge on any atom is -0.481 e. The van der Waals surface area contributed by atoms with E-state index in [0.29, 0.717) is 12.8 Å². The van der Waals surface area contributed by atoms with Crippen molar-refractivity contribution in [1.82, 2.24) is 0 Å². The third kappa shape index (κ3) is 6.58. The molecule has 0 saturated heterocycles. The van der Waals surface area contributed by atoms with Gasteiger partial charge < -0.3 is 5.11 Å². The van der Waals surface area contributed by atoms with E-state index >= 15 is 0 Å². The van der Waals surface area contributed by atoms with Crippen molar-refractivity contribution in [3.05, 3.63) is 46.8 Å². The van der Waals surface area contributed by atoms with Gasteiger partial charge in [0.05, 0.1) is 5.02 Å². The maximum absolute atomic E-state index is 13.1. The molecule has 0 unspecified atom stereocenters. The molecule has 0 spiro atoms. The molecule has 0 amide bonds. The summed E-state index contributed by atoms with van der Waals surface area (Å²) in [6.07, 6.45) is 8.67. The van der Waals surface area contributed by atoms with Gasteiger partial charge in [0.15, 0.2) is 5.78 Å². The van der Waals surface area contributed by atoms with E-state index in [-0.39, 0.29) is 40.4 Å². The van der Waals surface area contributed by atoms with Gasteiger partial charge in [-0.2, -0.15) is 0 Å². The fourth-order valence-electron chi connectivity index (χ4n) is 3.52. The molecule has 0 aliphatic heterocycles. The average Bonchev–Trinajstić information content (AvgIpc) is 2.95. The molecule has 0 aromatic heterocycles. The van der Waals surface area contributed by atoms with E-state index in [2.05, 4.69) is 0 Å². The van der Waals surface area contributed by atoms with E-state index in [9.17, 15) is 18.8 Å². The number of carbonyl (C=O) groups is 3. The summed E-state index contributed by atoms with van der Waals surface area (Å²) >= 11 is 5.92. The first-order valence-corrected chi connectivity index (χ1v) is 9.68. The predicted octanol–water partition coefficient (Wildman–Crippen LogP) is 5.24. The van der Waals surface area contributed by atoms with Gasteiger partial charge in [-0.05, 0) is 49.5 Å². The average molecular weight is 395 g/mol. The number of benzene rings is 1. The van der Waals surface area contributed by atoms with Gasteiger partial charge in [0.2, 0.25) is 0 Å². The molecule has 1 saturated carbocycles. The van der Waals surface area contributed by atoms with Crippen molar-refractivity contribution in [2.75, 3.05) is 0 Å². The fraction of sp³-hybridized carbons (Fsp3) is 0.476. The number of ketones is 2. The Hall–Kier alpha value is -2.01. The van der Waals surface area contributed by atoms with Crippen molar-refractivity contribution >= 4 is 29.1 Å². The van der Waals surface area contributed by atoms with E-state index in [1.165, 1.54) is 18.2 Å². The highest BCUT2D eigenvalue weighted by Crippen LogP contribution is 2.34. The standard InChI is InChI=1S/C21H24ClFO4/c22-18-13-15(23)9-10-17(18)20(25)12-8-14-7-11-19(24)16(14)5-3-1-2-4-6-21(26)27/h8-10,12-14,16H,1-7,11H2,(H,26,27)/t14-,16-/m0/s1. The fourth-order valence-corrected chi connectivity index (χ4v) is 3.78. The first kappa shape index (κ1) is 21.3. The van der Waals surface area contributed by atoms with Crippen LogP contribution in [0, 0.1) is 17.7 Å². The summed E-state index contributed by atoms with van der Waals surface area (Å²) in [5, 5.41) is 8.70. The first-order chi connectivity index (χ1) is 12.9. The number of allylic oxidation sites excluding steroid dienone is 2. The molecule has 1 N–H and O–H groups in total. The van der Waals surface area contributed by atoms with Crippen molar-refractivity contribution in [3.8, 4) is 0 Å². The summed E-state index contributed by atoms with van der Waals surface area (Å²) in [6.45, 7) is 0. The second kappa shape index (κ2) is 10.4. The molecule has 4 nitrogen and oxygen atoms in total. The quantitative estimate of drug-likeness (QED) is 0.334. The van der Waals surface area contributed by atoms with E-state index in [1.54, 1.807) is 6.08 Å². The predicted molar refractivity (Wildman–Crippen MR) is 101 cm³/mol. The van der Waals surface area contributed by atoms with Crippen LogP contribution < -0.4 is 0 Å². The van der Waals surface area contributed by atoms with Gasteiger partial charge >= 0.3 is 5.97 Å². The largest absolute Gasteiger partial charge is 0.481 e. The smallest absolute Gasteiger partial charge is 0.303 e. The lowest BCUT2D eigenvalue weighted by atomic mass is 9.89. The normalized spacial score (nSPS) is 19.7. The summed E-state index contributed by atoms with van der Waals surface area (Å²) in [6, 6.07) is 3.66. The maximum Gasteiger partial charge on any atom is 0.303 e. The van der Waals surface area contributed by atoms with Gasteiger partial charge in [-0.25, -0.2) is 4.39 Å². The number of hydrogen-bond donors (Lipinski definition) is 1. The second-order valence-electron chi connectivity index (χ2n) is 6.97. The van der Waals surface area contributed by atoms with Gasteiger partial charge in [-0.1, -0.05) is 36.9 Å². The first-order valence-electron chi connectivity index (χ1n) is 9.30. The lowest BCUT2D eigenvalue weighted by Crippen LogP contribution is -2.13. The van der Waals surface area contributed by atoms with E-state index in [4.69, 9.17) is 16.7 Å². The molecule has 0 radical (unpaired) electrons. The molecular formula is C21H24ClFO4. The molecule has 146 valence electrons. The van der Waals surface area contributed by atoms with Gasteiger partial charge in [0, 0.05) is 24.3 Å². The van der Waals surface area contributed by atoms with Crippen molar-refractivity contribution in [3.63, 3.8) is 0 Å². The lowest BCUT2D eigenvalue weighted by molar-refractivity contribution is -0.137. The Bertz CT molecular complexity index is 729. The monoisotopic (exact) mass is 394 g/mol. The molecule has 2 rings (SSSR count). The highest BCUT2D eigenvalue weighted by molar-refractivity contribution is 6.34. The molecule has 1 aliphatic rings. The van der Waals surface area contributed by atoms with Crippen LogP contribution in [0.3, 0.4) is 0 Å². The van der Waals surface area contributed by atoms with Crippen LogP contribution in [0.4, 0.5) is 4.39 Å². The molecule has 1 fully saturated rings. The SMILES string of the molecule is O=C(O)CCCCCC[C@@H]1C(=O)CC[C@H]1C=CC(=O)c1ccc(F)cc1Cl. The molecule has 1 aromatic carbocycles. The van der Waals surface area contributed by atoms with Crippen LogP contribution in [0.2, 0.25) is 5.02 Å². The lowest BCUT2D eigenvalue weighted by Gasteiger charge is -2.14. The zero-order valence-electron chi connectivity index (χ0n) is 15.1. The van der Waals surface area contributed by atoms with Crippen molar-refractivity contribution in [2.24, 2.45) is 11.8 Å². The summed E-state index contributed by atoms with van der Waals surface area (Å²) in [5.41, 5.74) is 0.244. The summed E-state index contributed by atoms with van der Waals surface area (Å²) < 4.78 is 13.1. The molecule has 1 aliphatic carbocycles. The maximum atomic E-state index is 13.1. The Morgan fingerprint density at radius 2 is 1.96 bits per heavy atom. The third-order valence-corrected chi connectivity index (χ3v) is 5.31. The number of carboxylic acid groups (broad SMARTS) is 1. The van der Waals surface area contributed by atoms with Crippen LogP contribution >= 0.6 is 11.6 Å². The number of halogens is 2. The molecule has 0 heterocycles. The molecule has 6 heteroatoms. The molecular weight excluding hydrogens is 371 g/mol. The van der Waals surface area contributed by atoms with Crippen LogP contribution in [0.25, 0.3) is 0 Å². The van der Waals surface area contributed by atoms with Gasteiger partial charge in [-0.15, -0.1) is 0 Å². The zero-order chi connectivity index (χ0) is 19.8. The minimum atomic E-state index is -0.780. The summed E-state index contributed by atoms with van der Waals surface area (Å²) in [5.74, 6) is -1.41. The van der Waals surface area contributed by atoms with Crippen LogP contribution in [0.5, 0.6) is 0 Å². The topological polar surface area (TPSA) is 71.4 Å². The molecule has 1 aromatic rings. The van der Waals surface area contributed by atoms with E-state index < -0.39 is 11.8 Å². The number of rotatable bonds is 10. The summed E-state index contributed by atoms with van der Waals surface area (Å²) in [7, 11) is 0. The molecule has 2 atom stereocenters. The highest BCUT2D eigenvalue weighted by Gasteiger charge is 2.32. The number of Topliss-reactive ketones (excluding diaryl/α,β-unsaturated/α-hetero) is 1. The van der Waals surface area contributed by atoms with Crippen LogP contribution in [-0.2, 0) is 9.59 Å². The Kier molecular flexibility index (Phi) is 8.17. The third-order valence-electron chi connectivity index (χ3n) is 5.00. The molecule has 27 heavy (non-hydrogen) atoms. The highest BCUT2D eigenvalue weighted by atomic mass is 35.5. The van der Waals surface area contributed by atoms with Crippen molar-refractivity contribution in [2.45, 2.75) is 51.4 Å². The second-order valence-corrected chi connectivity index (χ2v) is 7.38. The van der Waals surface area contributed by atoms with Crippen LogP contribution in [0.1, 0.15) is 61.7 Å². The van der Waals surface area contributed by atoms with Crippen LogP contribution in [-0.4, -0.2) is 22.6 Å². The zero-order valence-corrected chi connectivity index (χ0v) is 15.9. The number of carboxylic acids is 1.